The molecule has 6 rings (SSSR count). The lowest BCUT2D eigenvalue weighted by Crippen LogP contribution is -2.65. The highest BCUT2D eigenvalue weighted by Crippen LogP contribution is 2.70. The van der Waals surface area contributed by atoms with Gasteiger partial charge in [-0.05, 0) is 103 Å². The fourth-order valence-corrected chi connectivity index (χ4v) is 8.61. The van der Waals surface area contributed by atoms with Gasteiger partial charge < -0.3 is 15.2 Å². The third-order valence-electron chi connectivity index (χ3n) is 10.9. The van der Waals surface area contributed by atoms with E-state index in [1.165, 1.54) is 6.92 Å². The topological polar surface area (TPSA) is 75.6 Å². The van der Waals surface area contributed by atoms with Crippen molar-refractivity contribution >= 4 is 11.7 Å². The number of nitrogens with one attached hydrogen (secondary N) is 1. The molecular weight excluding hydrogens is 593 g/mol. The number of amides is 1. The molecule has 45 heavy (non-hydrogen) atoms. The summed E-state index contributed by atoms with van der Waals surface area (Å²) in [5.41, 5.74) is -0.183. The smallest absolute Gasteiger partial charge is 0.456 e. The summed E-state index contributed by atoms with van der Waals surface area (Å²) in [5, 5.41) is 14.3. The summed E-state index contributed by atoms with van der Waals surface area (Å²) >= 11 is 0. The number of benzene rings is 2. The number of fused-ring (bicyclic) bond motifs is 4. The second-order valence-electron chi connectivity index (χ2n) is 13.1. The van der Waals surface area contributed by atoms with E-state index in [4.69, 9.17) is 4.74 Å². The molecule has 4 aliphatic rings. The summed E-state index contributed by atoms with van der Waals surface area (Å²) < 4.78 is 76.9. The number of carbonyl (C=O) groups excluding carboxylic acids is 2. The number of ether oxygens (including phenoxy) is 1. The van der Waals surface area contributed by atoms with E-state index in [1.54, 1.807) is 49.6 Å². The van der Waals surface area contributed by atoms with E-state index in [-0.39, 0.29) is 37.0 Å². The van der Waals surface area contributed by atoms with Gasteiger partial charge in [-0.1, -0.05) is 36.8 Å². The Morgan fingerprint density at radius 2 is 1.69 bits per heavy atom. The molecule has 2 fully saturated rings. The molecule has 2 aromatic carbocycles. The minimum atomic E-state index is -5.90. The minimum Gasteiger partial charge on any atom is -0.497 e. The van der Waals surface area contributed by atoms with Crippen LogP contribution in [0.3, 0.4) is 0 Å². The summed E-state index contributed by atoms with van der Waals surface area (Å²) in [6.07, 6.45) is -3.12. The minimum absolute atomic E-state index is 0.0232. The molecule has 0 saturated heterocycles. The van der Waals surface area contributed by atoms with E-state index in [0.717, 1.165) is 22.3 Å². The Hall–Kier alpha value is -3.53. The van der Waals surface area contributed by atoms with Gasteiger partial charge in [0.25, 0.3) is 5.91 Å². The van der Waals surface area contributed by atoms with Gasteiger partial charge in [0.1, 0.15) is 11.4 Å². The number of carbonyl (C=O) groups is 2. The van der Waals surface area contributed by atoms with Crippen LogP contribution in [0.4, 0.5) is 22.0 Å². The van der Waals surface area contributed by atoms with Crippen molar-refractivity contribution in [2.75, 3.05) is 7.11 Å². The van der Waals surface area contributed by atoms with Crippen molar-refractivity contribution in [2.45, 2.75) is 82.0 Å². The normalized spacial score (nSPS) is 29.8. The molecule has 4 aliphatic carbocycles. The van der Waals surface area contributed by atoms with Gasteiger partial charge in [-0.3, -0.25) is 9.59 Å². The average Bonchev–Trinajstić information content (AvgIpc) is 3.30. The number of allylic oxidation sites excluding steroid dienone is 4. The second kappa shape index (κ2) is 11.1. The molecule has 5 nitrogen and oxygen atoms in total. The third kappa shape index (κ3) is 5.00. The molecule has 240 valence electrons. The molecular formula is C35H36F5NO4. The quantitative estimate of drug-likeness (QED) is 0.326. The Balaban J connectivity index is 1.35. The number of hydrogen-bond donors (Lipinski definition) is 2. The van der Waals surface area contributed by atoms with Gasteiger partial charge in [-0.15, -0.1) is 0 Å². The molecule has 0 radical (unpaired) electrons. The summed E-state index contributed by atoms with van der Waals surface area (Å²) in [4.78, 5) is 25.2. The molecule has 2 unspecified atom stereocenters. The molecule has 0 aliphatic heterocycles. The Morgan fingerprint density at radius 1 is 1.00 bits per heavy atom. The predicted octanol–water partition coefficient (Wildman–Crippen LogP) is 7.45. The van der Waals surface area contributed by atoms with Crippen LogP contribution in [0.1, 0.15) is 79.3 Å². The Labute approximate surface area is 258 Å². The van der Waals surface area contributed by atoms with Gasteiger partial charge in [0.05, 0.1) is 7.11 Å². The molecule has 2 N–H and O–H groups in total. The SMILES string of the molecule is COc1ccc(CNC(=O)c2ccc([C@H]3CC4(C)[C@@H](CC[C@@]4(O)C(F)(F)C(F)(F)F)C4CCC5=CC(=O)CCC5=C43)cc2)cc1. The Morgan fingerprint density at radius 3 is 2.33 bits per heavy atom. The first kappa shape index (κ1) is 31.5. The summed E-state index contributed by atoms with van der Waals surface area (Å²) in [6.45, 7) is 1.68. The number of hydrogen-bond acceptors (Lipinski definition) is 4. The fourth-order valence-electron chi connectivity index (χ4n) is 8.61. The number of halogens is 5. The lowest BCUT2D eigenvalue weighted by Gasteiger charge is -2.56. The lowest BCUT2D eigenvalue weighted by molar-refractivity contribution is -0.362. The number of rotatable bonds is 6. The highest BCUT2D eigenvalue weighted by molar-refractivity contribution is 5.94. The van der Waals surface area contributed by atoms with Crippen molar-refractivity contribution in [3.63, 3.8) is 0 Å². The van der Waals surface area contributed by atoms with Crippen LogP contribution in [0.25, 0.3) is 0 Å². The van der Waals surface area contributed by atoms with Crippen LogP contribution in [-0.4, -0.2) is 41.6 Å². The predicted molar refractivity (Wildman–Crippen MR) is 157 cm³/mol. The molecule has 0 spiro atoms. The van der Waals surface area contributed by atoms with Crippen LogP contribution in [0.15, 0.2) is 71.3 Å². The summed E-state index contributed by atoms with van der Waals surface area (Å²) in [7, 11) is 1.56. The van der Waals surface area contributed by atoms with Crippen molar-refractivity contribution in [1.29, 1.82) is 0 Å². The van der Waals surface area contributed by atoms with Crippen molar-refractivity contribution < 1.29 is 41.4 Å². The largest absolute Gasteiger partial charge is 0.497 e. The standard InChI is InChI=1S/C35H36F5NO4/c1-32-18-28(21-5-7-22(8-6-21)31(43)41-19-20-3-11-25(45-2)12-4-20)30-26-14-10-24(42)17-23(26)9-13-27(30)29(32)15-16-33(32,44)34(36,37)35(38,39)40/h3-8,11-12,17,27-29,44H,9-10,13-16,18-19H2,1-2H3,(H,41,43)/t27?,28-,29+,32?,33+/m1/s1. The van der Waals surface area contributed by atoms with Crippen LogP contribution < -0.4 is 10.1 Å². The van der Waals surface area contributed by atoms with E-state index in [0.29, 0.717) is 42.6 Å². The highest BCUT2D eigenvalue weighted by atomic mass is 19.4. The zero-order chi connectivity index (χ0) is 32.4. The fraction of sp³-hybridized carbons (Fsp3) is 0.486. The van der Waals surface area contributed by atoms with Crippen molar-refractivity contribution in [3.8, 4) is 5.75 Å². The first-order chi connectivity index (χ1) is 21.2. The number of alkyl halides is 5. The van der Waals surface area contributed by atoms with Gasteiger partial charge in [0.2, 0.25) is 0 Å². The van der Waals surface area contributed by atoms with E-state index in [2.05, 4.69) is 5.32 Å². The second-order valence-corrected chi connectivity index (χ2v) is 13.1. The van der Waals surface area contributed by atoms with Crippen LogP contribution in [-0.2, 0) is 11.3 Å². The molecule has 0 heterocycles. The maximum Gasteiger partial charge on any atom is 0.456 e. The zero-order valence-electron chi connectivity index (χ0n) is 25.1. The van der Waals surface area contributed by atoms with Crippen molar-refractivity contribution in [3.05, 3.63) is 88.0 Å². The molecule has 0 aromatic heterocycles. The molecule has 5 atom stereocenters. The van der Waals surface area contributed by atoms with Crippen molar-refractivity contribution in [2.24, 2.45) is 17.3 Å². The van der Waals surface area contributed by atoms with E-state index >= 15 is 8.78 Å². The van der Waals surface area contributed by atoms with Crippen LogP contribution in [0.2, 0.25) is 0 Å². The van der Waals surface area contributed by atoms with E-state index in [1.807, 2.05) is 12.1 Å². The zero-order valence-corrected chi connectivity index (χ0v) is 25.1. The molecule has 2 saturated carbocycles. The van der Waals surface area contributed by atoms with E-state index in [9.17, 15) is 27.9 Å². The monoisotopic (exact) mass is 629 g/mol. The molecule has 0 bridgehead atoms. The molecule has 2 aromatic rings. The van der Waals surface area contributed by atoms with Crippen LogP contribution in [0, 0.1) is 17.3 Å². The number of aliphatic hydroxyl groups is 1. The maximum atomic E-state index is 15.2. The number of methoxy groups -OCH3 is 1. The first-order valence-electron chi connectivity index (χ1n) is 15.3. The number of ketones is 1. The van der Waals surface area contributed by atoms with Gasteiger partial charge in [-0.2, -0.15) is 22.0 Å². The van der Waals surface area contributed by atoms with Crippen molar-refractivity contribution in [1.82, 2.24) is 5.32 Å². The van der Waals surface area contributed by atoms with E-state index < -0.39 is 41.4 Å². The van der Waals surface area contributed by atoms with Gasteiger partial charge in [0, 0.05) is 29.9 Å². The first-order valence-corrected chi connectivity index (χ1v) is 15.3. The Kier molecular flexibility index (Phi) is 7.74. The average molecular weight is 630 g/mol. The van der Waals surface area contributed by atoms with Crippen LogP contribution in [0.5, 0.6) is 5.75 Å². The maximum absolute atomic E-state index is 15.2. The summed E-state index contributed by atoms with van der Waals surface area (Å²) in [6, 6.07) is 14.0. The van der Waals surface area contributed by atoms with Crippen LogP contribution >= 0.6 is 0 Å². The lowest BCUT2D eigenvalue weighted by atomic mass is 9.50. The molecule has 10 heteroatoms. The Bertz CT molecular complexity index is 1560. The van der Waals surface area contributed by atoms with Gasteiger partial charge in [-0.25, -0.2) is 0 Å². The summed E-state index contributed by atoms with van der Waals surface area (Å²) in [5.74, 6) is -6.33. The van der Waals surface area contributed by atoms with Gasteiger partial charge in [0.15, 0.2) is 5.78 Å². The van der Waals surface area contributed by atoms with Gasteiger partial charge >= 0.3 is 12.1 Å². The highest BCUT2D eigenvalue weighted by Gasteiger charge is 2.79. The molecule has 1 amide bonds. The third-order valence-corrected chi connectivity index (χ3v) is 10.9.